The fraction of sp³-hybridized carbons (Fsp3) is 0.286. The first-order chi connectivity index (χ1) is 6.75. The number of hydrogen-bond acceptors (Lipinski definition) is 2. The van der Waals surface area contributed by atoms with E-state index in [0.29, 0.717) is 6.20 Å². The van der Waals surface area contributed by atoms with Crippen molar-refractivity contribution in [3.05, 3.63) is 22.5 Å². The maximum absolute atomic E-state index is 12.3. The molecule has 0 radical (unpaired) electrons. The molecule has 0 amide bonds. The van der Waals surface area contributed by atoms with E-state index in [9.17, 15) is 22.0 Å². The normalized spacial score (nSPS) is 12.2. The zero-order chi connectivity index (χ0) is 11.8. The molecule has 0 unspecified atom stereocenters. The van der Waals surface area contributed by atoms with Crippen molar-refractivity contribution in [3.8, 4) is 0 Å². The highest BCUT2D eigenvalue weighted by Gasteiger charge is 2.39. The van der Waals surface area contributed by atoms with Crippen LogP contribution in [0, 0.1) is 0 Å². The van der Waals surface area contributed by atoms with Crippen LogP contribution >= 0.6 is 11.6 Å². The molecule has 0 aliphatic carbocycles. The number of alkyl halides is 5. The standard InChI is InChI=1S/C7H4ClF5N2/c8-2-1-15-5(6(9)10)3(4(2)14)7(11,12)13/h1,6H,(H2,14,15). The average Bonchev–Trinajstić information content (AvgIpc) is 2.06. The summed E-state index contributed by atoms with van der Waals surface area (Å²) in [5, 5.41) is -0.508. The average molecular weight is 247 g/mol. The third kappa shape index (κ3) is 2.28. The third-order valence-electron chi connectivity index (χ3n) is 1.59. The number of nitrogens with zero attached hydrogens (tertiary/aromatic N) is 1. The van der Waals surface area contributed by atoms with Gasteiger partial charge in [-0.1, -0.05) is 11.6 Å². The molecule has 0 aromatic carbocycles. The van der Waals surface area contributed by atoms with Crippen LogP contribution in [0.25, 0.3) is 0 Å². The van der Waals surface area contributed by atoms with Crippen LogP contribution in [0.3, 0.4) is 0 Å². The van der Waals surface area contributed by atoms with Crippen molar-refractivity contribution < 1.29 is 22.0 Å². The van der Waals surface area contributed by atoms with Crippen molar-refractivity contribution >= 4 is 17.3 Å². The molecule has 0 bridgehead atoms. The Morgan fingerprint density at radius 1 is 1.33 bits per heavy atom. The Kier molecular flexibility index (Phi) is 3.03. The fourth-order valence-corrected chi connectivity index (χ4v) is 1.12. The number of nitrogen functional groups attached to an aromatic ring is 1. The highest BCUT2D eigenvalue weighted by molar-refractivity contribution is 6.33. The molecular weight excluding hydrogens is 243 g/mol. The van der Waals surface area contributed by atoms with Crippen molar-refractivity contribution in [1.82, 2.24) is 4.98 Å². The van der Waals surface area contributed by atoms with E-state index in [1.807, 2.05) is 0 Å². The predicted octanol–water partition coefficient (Wildman–Crippen LogP) is 3.27. The van der Waals surface area contributed by atoms with E-state index < -0.39 is 34.6 Å². The highest BCUT2D eigenvalue weighted by atomic mass is 35.5. The number of nitrogens with two attached hydrogens (primary N) is 1. The monoisotopic (exact) mass is 246 g/mol. The van der Waals surface area contributed by atoms with Gasteiger partial charge in [-0.3, -0.25) is 4.98 Å². The van der Waals surface area contributed by atoms with E-state index in [4.69, 9.17) is 17.3 Å². The lowest BCUT2D eigenvalue weighted by Crippen LogP contribution is -2.14. The van der Waals surface area contributed by atoms with E-state index in [-0.39, 0.29) is 0 Å². The summed E-state index contributed by atoms with van der Waals surface area (Å²) in [5.74, 6) is 0. The van der Waals surface area contributed by atoms with Gasteiger partial charge in [0.2, 0.25) is 0 Å². The van der Waals surface area contributed by atoms with Gasteiger partial charge in [-0.15, -0.1) is 0 Å². The molecule has 0 saturated carbocycles. The Labute approximate surface area is 85.9 Å². The van der Waals surface area contributed by atoms with E-state index in [1.165, 1.54) is 0 Å². The Morgan fingerprint density at radius 3 is 2.27 bits per heavy atom. The van der Waals surface area contributed by atoms with Gasteiger partial charge < -0.3 is 5.73 Å². The van der Waals surface area contributed by atoms with Gasteiger partial charge in [-0.05, 0) is 0 Å². The summed E-state index contributed by atoms with van der Waals surface area (Å²) in [4.78, 5) is 2.92. The second kappa shape index (κ2) is 3.80. The number of halogens is 6. The summed E-state index contributed by atoms with van der Waals surface area (Å²) < 4.78 is 61.4. The minimum Gasteiger partial charge on any atom is -0.397 e. The Balaban J connectivity index is 3.49. The van der Waals surface area contributed by atoms with Gasteiger partial charge in [0.1, 0.15) is 11.3 Å². The topological polar surface area (TPSA) is 38.9 Å². The van der Waals surface area contributed by atoms with Gasteiger partial charge in [0.05, 0.1) is 10.7 Å². The summed E-state index contributed by atoms with van der Waals surface area (Å²) in [6.07, 6.45) is -7.71. The molecule has 1 heterocycles. The lowest BCUT2D eigenvalue weighted by molar-refractivity contribution is -0.139. The van der Waals surface area contributed by atoms with Crippen LogP contribution in [0.1, 0.15) is 17.7 Å². The van der Waals surface area contributed by atoms with Crippen LogP contribution in [0.2, 0.25) is 5.02 Å². The van der Waals surface area contributed by atoms with Gasteiger partial charge in [0.25, 0.3) is 6.43 Å². The number of pyridine rings is 1. The SMILES string of the molecule is Nc1c(Cl)cnc(C(F)F)c1C(F)(F)F. The van der Waals surface area contributed by atoms with Crippen LogP contribution < -0.4 is 5.73 Å². The van der Waals surface area contributed by atoms with Crippen LogP contribution in [-0.4, -0.2) is 4.98 Å². The van der Waals surface area contributed by atoms with E-state index >= 15 is 0 Å². The van der Waals surface area contributed by atoms with Crippen LogP contribution in [0.4, 0.5) is 27.6 Å². The number of anilines is 1. The van der Waals surface area contributed by atoms with Crippen LogP contribution in [0.15, 0.2) is 6.20 Å². The Bertz CT molecular complexity index is 376. The minimum absolute atomic E-state index is 0.508. The summed E-state index contributed by atoms with van der Waals surface area (Å²) in [7, 11) is 0. The Hall–Kier alpha value is -1.11. The molecule has 0 aliphatic rings. The molecule has 1 aromatic heterocycles. The third-order valence-corrected chi connectivity index (χ3v) is 1.89. The summed E-state index contributed by atoms with van der Waals surface area (Å²) in [6, 6.07) is 0. The molecule has 0 fully saturated rings. The molecule has 0 atom stereocenters. The van der Waals surface area contributed by atoms with E-state index in [0.717, 1.165) is 0 Å². The quantitative estimate of drug-likeness (QED) is 0.773. The van der Waals surface area contributed by atoms with E-state index in [1.54, 1.807) is 0 Å². The molecule has 84 valence electrons. The summed E-state index contributed by atoms with van der Waals surface area (Å²) >= 11 is 5.26. The lowest BCUT2D eigenvalue weighted by Gasteiger charge is -2.14. The van der Waals surface area contributed by atoms with Crippen molar-refractivity contribution in [1.29, 1.82) is 0 Å². The molecule has 0 aliphatic heterocycles. The fourth-order valence-electron chi connectivity index (χ4n) is 0.981. The zero-order valence-electron chi connectivity index (χ0n) is 6.95. The number of hydrogen-bond donors (Lipinski definition) is 1. The van der Waals surface area contributed by atoms with Crippen molar-refractivity contribution in [3.63, 3.8) is 0 Å². The molecule has 0 saturated heterocycles. The maximum Gasteiger partial charge on any atom is 0.420 e. The second-order valence-corrected chi connectivity index (χ2v) is 2.99. The second-order valence-electron chi connectivity index (χ2n) is 2.58. The van der Waals surface area contributed by atoms with Gasteiger partial charge in [0, 0.05) is 6.20 Å². The minimum atomic E-state index is -5.01. The first-order valence-electron chi connectivity index (χ1n) is 3.54. The van der Waals surface area contributed by atoms with Crippen molar-refractivity contribution in [2.45, 2.75) is 12.6 Å². The lowest BCUT2D eigenvalue weighted by atomic mass is 10.1. The van der Waals surface area contributed by atoms with Gasteiger partial charge in [0.15, 0.2) is 0 Å². The molecule has 0 spiro atoms. The number of aromatic nitrogens is 1. The van der Waals surface area contributed by atoms with Crippen LogP contribution in [-0.2, 0) is 6.18 Å². The molecule has 2 nitrogen and oxygen atoms in total. The first kappa shape index (κ1) is 12.0. The van der Waals surface area contributed by atoms with E-state index in [2.05, 4.69) is 4.98 Å². The van der Waals surface area contributed by atoms with Gasteiger partial charge in [-0.2, -0.15) is 13.2 Å². The van der Waals surface area contributed by atoms with Crippen molar-refractivity contribution in [2.24, 2.45) is 0 Å². The predicted molar refractivity (Wildman–Crippen MR) is 43.6 cm³/mol. The zero-order valence-corrected chi connectivity index (χ0v) is 7.70. The molecule has 2 N–H and O–H groups in total. The van der Waals surface area contributed by atoms with Gasteiger partial charge in [-0.25, -0.2) is 8.78 Å². The van der Waals surface area contributed by atoms with Crippen molar-refractivity contribution in [2.75, 3.05) is 5.73 Å². The summed E-state index contributed by atoms with van der Waals surface area (Å²) in [6.45, 7) is 0. The first-order valence-corrected chi connectivity index (χ1v) is 3.92. The molecule has 1 rings (SSSR count). The Morgan fingerprint density at radius 2 is 1.87 bits per heavy atom. The summed E-state index contributed by atoms with van der Waals surface area (Å²) in [5.41, 5.74) is 0.958. The number of rotatable bonds is 1. The maximum atomic E-state index is 12.3. The van der Waals surface area contributed by atoms with Crippen LogP contribution in [0.5, 0.6) is 0 Å². The smallest absolute Gasteiger partial charge is 0.397 e. The molecular formula is C7H4ClF5N2. The highest BCUT2D eigenvalue weighted by Crippen LogP contribution is 2.41. The molecule has 15 heavy (non-hydrogen) atoms. The molecule has 1 aromatic rings. The largest absolute Gasteiger partial charge is 0.420 e. The van der Waals surface area contributed by atoms with Gasteiger partial charge >= 0.3 is 6.18 Å². The molecule has 8 heteroatoms.